The molecule has 18 heavy (non-hydrogen) atoms. The number of halogens is 5. The van der Waals surface area contributed by atoms with Crippen LogP contribution in [0.25, 0.3) is 11.8 Å². The fourth-order valence-corrected chi connectivity index (χ4v) is 1.48. The van der Waals surface area contributed by atoms with Crippen LogP contribution in [0.1, 0.15) is 11.1 Å². The standard InChI is InChI=1S/C9H3F5NS.H2N.W/c10-5-1-4(7-3-15(7)16)2-6(11)8(5)9(12,13)14;;/h1-3H;1H2;/q2*-1;+2. The molecule has 0 saturated heterocycles. The Morgan fingerprint density at radius 3 is 1.72 bits per heavy atom. The summed E-state index contributed by atoms with van der Waals surface area (Å²) < 4.78 is 63.9. The second-order valence-corrected chi connectivity index (χ2v) is 3.55. The quantitative estimate of drug-likeness (QED) is 0.481. The van der Waals surface area contributed by atoms with Crippen molar-refractivity contribution in [2.45, 2.75) is 6.18 Å². The molecule has 0 aliphatic carbocycles. The van der Waals surface area contributed by atoms with Crippen LogP contribution in [0.15, 0.2) is 18.3 Å². The van der Waals surface area contributed by atoms with Crippen molar-refractivity contribution in [3.8, 4) is 0 Å². The van der Waals surface area contributed by atoms with Gasteiger partial charge in [-0.05, 0) is 12.1 Å². The van der Waals surface area contributed by atoms with Gasteiger partial charge < -0.3 is 23.3 Å². The maximum atomic E-state index is 13.1. The molecular weight excluding hydrogens is 447 g/mol. The normalized spacial score (nSPS) is 13.4. The van der Waals surface area contributed by atoms with Crippen LogP contribution in [-0.2, 0) is 40.1 Å². The van der Waals surface area contributed by atoms with Gasteiger partial charge in [-0.2, -0.15) is 13.2 Å². The summed E-state index contributed by atoms with van der Waals surface area (Å²) in [5.74, 6) is -3.28. The summed E-state index contributed by atoms with van der Waals surface area (Å²) in [6.07, 6.45) is -3.67. The van der Waals surface area contributed by atoms with Crippen LogP contribution in [0.2, 0.25) is 0 Å². The molecule has 0 atom stereocenters. The minimum absolute atomic E-state index is 0. The van der Waals surface area contributed by atoms with E-state index in [-0.39, 0.29) is 32.8 Å². The zero-order valence-corrected chi connectivity index (χ0v) is 12.2. The molecule has 0 spiro atoms. The minimum Gasteiger partial charge on any atom is -0.693 e. The Bertz CT molecular complexity index is 465. The van der Waals surface area contributed by atoms with E-state index in [2.05, 4.69) is 12.8 Å². The van der Waals surface area contributed by atoms with Crippen LogP contribution in [0.3, 0.4) is 0 Å². The van der Waals surface area contributed by atoms with Crippen molar-refractivity contribution in [3.05, 3.63) is 47.2 Å². The summed E-state index contributed by atoms with van der Waals surface area (Å²) in [6.45, 7) is 0. The topological polar surface area (TPSA) is 36.5 Å². The zero-order chi connectivity index (χ0) is 12.1. The van der Waals surface area contributed by atoms with Crippen LogP contribution in [0.5, 0.6) is 0 Å². The molecule has 9 heteroatoms. The molecule has 0 fully saturated rings. The monoisotopic (exact) mass is 452 g/mol. The van der Waals surface area contributed by atoms with Gasteiger partial charge in [-0.15, -0.1) is 0 Å². The second-order valence-electron chi connectivity index (χ2n) is 3.15. The number of hydrogen-bond donors (Lipinski definition) is 0. The largest absolute Gasteiger partial charge is 2.00 e. The predicted molar refractivity (Wildman–Crippen MR) is 53.8 cm³/mol. The van der Waals surface area contributed by atoms with Gasteiger partial charge in [-0.3, -0.25) is 0 Å². The van der Waals surface area contributed by atoms with Crippen LogP contribution in [0.4, 0.5) is 22.0 Å². The molecule has 0 unspecified atom stereocenters. The molecule has 0 amide bonds. The zero-order valence-electron chi connectivity index (χ0n) is 8.46. The van der Waals surface area contributed by atoms with Gasteiger partial charge in [0.1, 0.15) is 17.2 Å². The third kappa shape index (κ3) is 3.24. The van der Waals surface area contributed by atoms with Crippen molar-refractivity contribution < 1.29 is 43.0 Å². The van der Waals surface area contributed by atoms with Gasteiger partial charge in [-0.1, -0.05) is 0 Å². The van der Waals surface area contributed by atoms with E-state index < -0.39 is 23.4 Å². The van der Waals surface area contributed by atoms with Crippen molar-refractivity contribution in [2.24, 2.45) is 0 Å². The molecule has 98 valence electrons. The molecule has 0 saturated carbocycles. The number of rotatable bonds is 1. The van der Waals surface area contributed by atoms with Crippen molar-refractivity contribution in [3.63, 3.8) is 0 Å². The van der Waals surface area contributed by atoms with E-state index in [4.69, 9.17) is 0 Å². The minimum atomic E-state index is -5.04. The molecule has 1 aromatic rings. The van der Waals surface area contributed by atoms with E-state index in [1.165, 1.54) is 6.20 Å². The van der Waals surface area contributed by atoms with E-state index in [0.717, 1.165) is 4.31 Å². The van der Waals surface area contributed by atoms with Gasteiger partial charge >= 0.3 is 27.2 Å². The third-order valence-electron chi connectivity index (χ3n) is 2.03. The summed E-state index contributed by atoms with van der Waals surface area (Å²) in [5, 5.41) is 0. The van der Waals surface area contributed by atoms with Gasteiger partial charge in [0.05, 0.1) is 0 Å². The molecule has 2 N–H and O–H groups in total. The van der Waals surface area contributed by atoms with Crippen molar-refractivity contribution >= 4 is 18.5 Å². The number of nitrogens with zero attached hydrogens (tertiary/aromatic N) is 1. The molecule has 1 aliphatic heterocycles. The molecule has 2 rings (SSSR count). The van der Waals surface area contributed by atoms with Gasteiger partial charge in [0.25, 0.3) is 0 Å². The maximum absolute atomic E-state index is 13.1. The van der Waals surface area contributed by atoms with Crippen LogP contribution in [0, 0.1) is 11.6 Å². The molecule has 0 aromatic heterocycles. The Balaban J connectivity index is 0.00000144. The summed E-state index contributed by atoms with van der Waals surface area (Å²) in [5.41, 5.74) is -1.56. The van der Waals surface area contributed by atoms with Crippen LogP contribution < -0.4 is 0 Å². The predicted octanol–water partition coefficient (Wildman–Crippen LogP) is 3.77. The molecule has 1 aromatic carbocycles. The fourth-order valence-electron chi connectivity index (χ4n) is 1.28. The first-order valence-electron chi connectivity index (χ1n) is 4.05. The molecule has 2 nitrogen and oxygen atoms in total. The fraction of sp³-hybridized carbons (Fsp3) is 0.111. The average Bonchev–Trinajstić information content (AvgIpc) is 2.78. The molecule has 1 aliphatic rings. The first-order valence-corrected chi connectivity index (χ1v) is 4.42. The van der Waals surface area contributed by atoms with Gasteiger partial charge in [-0.25, -0.2) is 8.78 Å². The summed E-state index contributed by atoms with van der Waals surface area (Å²) in [6, 6.07) is 1.23. The Hall–Kier alpha value is -0.592. The molecule has 0 radical (unpaired) electrons. The Kier molecular flexibility index (Phi) is 5.40. The smallest absolute Gasteiger partial charge is 0.693 e. The van der Waals surface area contributed by atoms with Crippen molar-refractivity contribution in [1.29, 1.82) is 0 Å². The van der Waals surface area contributed by atoms with Gasteiger partial charge in [0.15, 0.2) is 0 Å². The molecule has 1 heterocycles. The number of nitrogens with two attached hydrogens (primary N) is 1. The summed E-state index contributed by atoms with van der Waals surface area (Å²) >= 11 is 4.60. The number of benzene rings is 1. The summed E-state index contributed by atoms with van der Waals surface area (Å²) in [7, 11) is 0. The Morgan fingerprint density at radius 1 is 1.06 bits per heavy atom. The van der Waals surface area contributed by atoms with Crippen LogP contribution in [-0.4, -0.2) is 4.31 Å². The van der Waals surface area contributed by atoms with Crippen molar-refractivity contribution in [1.82, 2.24) is 4.31 Å². The SMILES string of the molecule is Fc1cc(C2=CN2[S-])cc(F)c1C(F)(F)F.[NH2-].[W+2]. The number of hydrogen-bond acceptors (Lipinski definition) is 2. The summed E-state index contributed by atoms with van der Waals surface area (Å²) in [4.78, 5) is 0. The molecule has 0 bridgehead atoms. The van der Waals surface area contributed by atoms with E-state index in [0.29, 0.717) is 17.8 Å². The first kappa shape index (κ1) is 17.4. The maximum Gasteiger partial charge on any atom is 2.00 e. The first-order chi connectivity index (χ1) is 7.30. The molecular formula is C9H5F5N2SW. The van der Waals surface area contributed by atoms with E-state index >= 15 is 0 Å². The van der Waals surface area contributed by atoms with Gasteiger partial charge in [0.2, 0.25) is 0 Å². The van der Waals surface area contributed by atoms with Gasteiger partial charge in [0, 0.05) is 17.5 Å². The average molecular weight is 452 g/mol. The third-order valence-corrected chi connectivity index (χ3v) is 2.33. The van der Waals surface area contributed by atoms with E-state index in [1.54, 1.807) is 0 Å². The Morgan fingerprint density at radius 2 is 1.44 bits per heavy atom. The van der Waals surface area contributed by atoms with Crippen LogP contribution >= 0.6 is 0 Å². The number of alkyl halides is 3. The van der Waals surface area contributed by atoms with E-state index in [1.807, 2.05) is 0 Å². The Labute approximate surface area is 119 Å². The second kappa shape index (κ2) is 5.59. The van der Waals surface area contributed by atoms with E-state index in [9.17, 15) is 22.0 Å². The van der Waals surface area contributed by atoms with Crippen molar-refractivity contribution in [2.75, 3.05) is 0 Å².